The molecule has 0 saturated carbocycles. The second-order valence-corrected chi connectivity index (χ2v) is 14.6. The number of nitrogens with zero attached hydrogens (tertiary/aromatic N) is 2. The lowest BCUT2D eigenvalue weighted by Gasteiger charge is -2.51. The van der Waals surface area contributed by atoms with Crippen LogP contribution in [-0.2, 0) is 6.42 Å². The number of aromatic nitrogens is 1. The van der Waals surface area contributed by atoms with Gasteiger partial charge in [-0.1, -0.05) is 93.3 Å². The van der Waals surface area contributed by atoms with E-state index < -0.39 is 0 Å². The molecule has 1 aliphatic heterocycles. The maximum absolute atomic E-state index is 4.46. The highest BCUT2D eigenvalue weighted by Gasteiger charge is 2.47. The summed E-state index contributed by atoms with van der Waals surface area (Å²) in [5.41, 5.74) is 8.51. The van der Waals surface area contributed by atoms with Crippen LogP contribution in [0.3, 0.4) is 0 Å². The van der Waals surface area contributed by atoms with Crippen LogP contribution in [-0.4, -0.2) is 9.47 Å². The molecule has 1 unspecified atom stereocenters. The summed E-state index contributed by atoms with van der Waals surface area (Å²) in [6.45, 7) is 9.43. The van der Waals surface area contributed by atoms with E-state index in [0.717, 1.165) is 35.8 Å². The first-order valence-electron chi connectivity index (χ1n) is 16.0. The van der Waals surface area contributed by atoms with E-state index in [1.54, 1.807) is 5.57 Å². The van der Waals surface area contributed by atoms with E-state index in [-0.39, 0.29) is 5.41 Å². The Morgan fingerprint density at radius 1 is 0.841 bits per heavy atom. The van der Waals surface area contributed by atoms with Crippen molar-refractivity contribution in [2.75, 3.05) is 0 Å². The van der Waals surface area contributed by atoms with E-state index in [4.69, 9.17) is 0 Å². The Morgan fingerprint density at radius 2 is 1.50 bits per heavy atom. The predicted octanol–water partition coefficient (Wildman–Crippen LogP) is 9.66. The third kappa shape index (κ3) is 3.59. The minimum atomic E-state index is 0.0632. The second kappa shape index (κ2) is 9.58. The van der Waals surface area contributed by atoms with Gasteiger partial charge in [-0.15, -0.1) is 0 Å². The van der Waals surface area contributed by atoms with E-state index >= 15 is 0 Å². The SMILES string of the molecule is C=C(I)N1C2=Cc3c(n(-c4ccc5c6ccccc6c6ccccc6c5c4)c4c3=CCCC=4)CC2C(C)(C)C2=C1C=CCC2. The molecule has 1 aromatic heterocycles. The minimum Gasteiger partial charge on any atom is -0.313 e. The Morgan fingerprint density at radius 3 is 2.20 bits per heavy atom. The fraction of sp³-hybridized carbons (Fsp3) is 0.220. The van der Waals surface area contributed by atoms with Gasteiger partial charge < -0.3 is 9.47 Å². The standard InChI is InChI=1S/C41H35IN2/c1-25(42)43-38-19-11-9-17-35(38)41(2,3)36-24-39-34(23-40(36)43)32-16-8-10-18-37(32)44(39)26-20-21-31-29-14-5-4-12-27(29)28-13-6-7-15-30(28)33(31)22-26/h4-7,11-16,18-23,36H,1,8-10,17,24H2,2-3H3. The fourth-order valence-electron chi connectivity index (χ4n) is 8.76. The van der Waals surface area contributed by atoms with E-state index in [9.17, 15) is 0 Å². The summed E-state index contributed by atoms with van der Waals surface area (Å²) in [5.74, 6) is 0.382. The quantitative estimate of drug-likeness (QED) is 0.102. The molecule has 0 radical (unpaired) electrons. The van der Waals surface area contributed by atoms with Gasteiger partial charge in [-0.25, -0.2) is 0 Å². The minimum absolute atomic E-state index is 0.0632. The molecule has 0 saturated heterocycles. The molecule has 3 heteroatoms. The third-order valence-corrected chi connectivity index (χ3v) is 11.3. The maximum atomic E-state index is 4.46. The van der Waals surface area contributed by atoms with Crippen molar-refractivity contribution in [3.05, 3.63) is 128 Å². The zero-order valence-corrected chi connectivity index (χ0v) is 27.5. The van der Waals surface area contributed by atoms with Gasteiger partial charge in [-0.3, -0.25) is 0 Å². The van der Waals surface area contributed by atoms with Crippen molar-refractivity contribution < 1.29 is 0 Å². The zero-order chi connectivity index (χ0) is 29.7. The average molecular weight is 683 g/mol. The van der Waals surface area contributed by atoms with E-state index in [2.05, 4.69) is 150 Å². The molecule has 216 valence electrons. The van der Waals surface area contributed by atoms with Crippen LogP contribution in [0.2, 0.25) is 0 Å². The number of fused-ring (bicyclic) bond motifs is 10. The van der Waals surface area contributed by atoms with Gasteiger partial charge in [0, 0.05) is 44.8 Å². The van der Waals surface area contributed by atoms with Crippen LogP contribution in [0.1, 0.15) is 50.8 Å². The van der Waals surface area contributed by atoms with Gasteiger partial charge in [-0.2, -0.15) is 0 Å². The highest BCUT2D eigenvalue weighted by atomic mass is 127. The van der Waals surface area contributed by atoms with Crippen LogP contribution < -0.4 is 10.6 Å². The highest BCUT2D eigenvalue weighted by molar-refractivity contribution is 14.1. The van der Waals surface area contributed by atoms with E-state index in [1.807, 2.05) is 0 Å². The zero-order valence-electron chi connectivity index (χ0n) is 25.3. The van der Waals surface area contributed by atoms with Crippen LogP contribution in [0.15, 0.2) is 106 Å². The van der Waals surface area contributed by atoms with Crippen molar-refractivity contribution in [1.29, 1.82) is 0 Å². The van der Waals surface area contributed by atoms with Gasteiger partial charge in [0.25, 0.3) is 0 Å². The van der Waals surface area contributed by atoms with Gasteiger partial charge in [0.05, 0.1) is 3.70 Å². The van der Waals surface area contributed by atoms with Crippen LogP contribution in [0, 0.1) is 11.3 Å². The average Bonchev–Trinajstić information content (AvgIpc) is 3.37. The molecule has 0 bridgehead atoms. The second-order valence-electron chi connectivity index (χ2n) is 13.4. The lowest BCUT2D eigenvalue weighted by molar-refractivity contribution is 0.223. The number of benzene rings is 4. The lowest BCUT2D eigenvalue weighted by atomic mass is 9.63. The van der Waals surface area contributed by atoms with Crippen LogP contribution in [0.4, 0.5) is 0 Å². The molecule has 9 rings (SSSR count). The first kappa shape index (κ1) is 26.6. The van der Waals surface area contributed by atoms with Gasteiger partial charge >= 0.3 is 0 Å². The predicted molar refractivity (Wildman–Crippen MR) is 195 cm³/mol. The van der Waals surface area contributed by atoms with Gasteiger partial charge in [0.1, 0.15) is 0 Å². The first-order chi connectivity index (χ1) is 21.4. The van der Waals surface area contributed by atoms with Crippen LogP contribution in [0.25, 0.3) is 56.2 Å². The summed E-state index contributed by atoms with van der Waals surface area (Å²) < 4.78 is 3.69. The number of hydrogen-bond donors (Lipinski definition) is 0. The van der Waals surface area contributed by atoms with Crippen molar-refractivity contribution in [3.63, 3.8) is 0 Å². The largest absolute Gasteiger partial charge is 0.313 e. The Hall–Kier alpha value is -3.83. The number of allylic oxidation sites excluding steroid dienone is 4. The first-order valence-corrected chi connectivity index (χ1v) is 17.0. The molecule has 2 nitrogen and oxygen atoms in total. The Kier molecular flexibility index (Phi) is 5.79. The number of hydrogen-bond acceptors (Lipinski definition) is 1. The molecule has 4 aliphatic rings. The summed E-state index contributed by atoms with van der Waals surface area (Å²) >= 11 is 2.43. The van der Waals surface area contributed by atoms with Crippen molar-refractivity contribution in [3.8, 4) is 5.69 Å². The molecule has 2 heterocycles. The molecule has 0 amide bonds. The third-order valence-electron chi connectivity index (χ3n) is 10.8. The van der Waals surface area contributed by atoms with Crippen molar-refractivity contribution >= 4 is 73.1 Å². The molecule has 0 N–H and O–H groups in total. The summed E-state index contributed by atoms with van der Waals surface area (Å²) in [6.07, 6.45) is 17.6. The normalized spacial score (nSPS) is 20.0. The van der Waals surface area contributed by atoms with Crippen LogP contribution >= 0.6 is 22.6 Å². The van der Waals surface area contributed by atoms with E-state index in [1.165, 1.54) is 71.2 Å². The molecule has 5 aromatic rings. The van der Waals surface area contributed by atoms with Gasteiger partial charge in [-0.05, 0) is 122 Å². The fourth-order valence-corrected chi connectivity index (χ4v) is 9.30. The molecule has 3 aliphatic carbocycles. The lowest BCUT2D eigenvalue weighted by Crippen LogP contribution is -2.43. The Bertz CT molecular complexity index is 2290. The van der Waals surface area contributed by atoms with Crippen molar-refractivity contribution in [2.24, 2.45) is 11.3 Å². The number of halogens is 1. The molecule has 44 heavy (non-hydrogen) atoms. The summed E-state index contributed by atoms with van der Waals surface area (Å²) in [7, 11) is 0. The number of rotatable bonds is 2. The molecular weight excluding hydrogens is 647 g/mol. The highest BCUT2D eigenvalue weighted by Crippen LogP contribution is 2.55. The molecule has 4 aromatic carbocycles. The van der Waals surface area contributed by atoms with Gasteiger partial charge in [0.2, 0.25) is 0 Å². The summed E-state index contributed by atoms with van der Waals surface area (Å²) in [4.78, 5) is 2.47. The summed E-state index contributed by atoms with van der Waals surface area (Å²) in [6, 6.07) is 25.0. The molecule has 1 atom stereocenters. The smallest absolute Gasteiger partial charge is 0.0772 e. The van der Waals surface area contributed by atoms with Crippen molar-refractivity contribution in [2.45, 2.75) is 46.0 Å². The Labute approximate surface area is 272 Å². The van der Waals surface area contributed by atoms with Gasteiger partial charge in [0.15, 0.2) is 0 Å². The topological polar surface area (TPSA) is 8.17 Å². The Balaban J connectivity index is 1.33. The van der Waals surface area contributed by atoms with E-state index in [0.29, 0.717) is 5.92 Å². The monoisotopic (exact) mass is 682 g/mol. The maximum Gasteiger partial charge on any atom is 0.0772 e. The molecule has 0 fully saturated rings. The molecular formula is C41H35IN2. The molecule has 0 spiro atoms. The van der Waals surface area contributed by atoms with Crippen LogP contribution in [0.5, 0.6) is 0 Å². The summed E-state index contributed by atoms with van der Waals surface area (Å²) in [5, 5.41) is 10.7. The van der Waals surface area contributed by atoms with Crippen molar-refractivity contribution in [1.82, 2.24) is 9.47 Å².